The summed E-state index contributed by atoms with van der Waals surface area (Å²) in [6.07, 6.45) is 0.497. The summed E-state index contributed by atoms with van der Waals surface area (Å²) in [4.78, 5) is 12.1. The number of ether oxygens (including phenoxy) is 1. The summed E-state index contributed by atoms with van der Waals surface area (Å²) in [7, 11) is 1.55. The van der Waals surface area contributed by atoms with Crippen molar-refractivity contribution in [3.8, 4) is 5.75 Å². The molecule has 0 aliphatic heterocycles. The first kappa shape index (κ1) is 14.5. The maximum atomic E-state index is 12.8. The van der Waals surface area contributed by atoms with Crippen molar-refractivity contribution in [1.82, 2.24) is 0 Å². The molecular weight excluding hydrogens is 279 g/mol. The van der Waals surface area contributed by atoms with Crippen LogP contribution in [-0.2, 0) is 17.6 Å². The predicted molar refractivity (Wildman–Crippen MR) is 76.8 cm³/mol. The summed E-state index contributed by atoms with van der Waals surface area (Å²) in [5.74, 6) is 0.358. The monoisotopic (exact) mass is 292 g/mol. The molecule has 0 bridgehead atoms. The Kier molecular flexibility index (Phi) is 4.74. The first-order valence-electron chi connectivity index (χ1n) is 6.17. The van der Waals surface area contributed by atoms with Crippen LogP contribution in [-0.4, -0.2) is 12.9 Å². The maximum Gasteiger partial charge on any atom is 0.141 e. The van der Waals surface area contributed by atoms with Crippen molar-refractivity contribution in [3.05, 3.63) is 64.4 Å². The van der Waals surface area contributed by atoms with E-state index < -0.39 is 0 Å². The van der Waals surface area contributed by atoms with Crippen LogP contribution in [0.4, 0.5) is 4.39 Å². The second-order valence-corrected chi connectivity index (χ2v) is 4.91. The quantitative estimate of drug-likeness (QED) is 0.837. The van der Waals surface area contributed by atoms with Gasteiger partial charge >= 0.3 is 0 Å². The zero-order valence-corrected chi connectivity index (χ0v) is 11.8. The van der Waals surface area contributed by atoms with Gasteiger partial charge in [0, 0.05) is 23.4 Å². The molecule has 0 aliphatic rings. The van der Waals surface area contributed by atoms with Crippen molar-refractivity contribution in [2.24, 2.45) is 0 Å². The lowest BCUT2D eigenvalue weighted by atomic mass is 10.0. The van der Waals surface area contributed by atoms with Gasteiger partial charge in [-0.15, -0.1) is 0 Å². The number of carbonyl (C=O) groups excluding carboxylic acids is 1. The number of benzene rings is 2. The minimum absolute atomic E-state index is 0.0252. The van der Waals surface area contributed by atoms with Crippen molar-refractivity contribution in [1.29, 1.82) is 0 Å². The summed E-state index contributed by atoms with van der Waals surface area (Å²) in [6.45, 7) is 0. The Bertz CT molecular complexity index is 608. The summed E-state index contributed by atoms with van der Waals surface area (Å²) in [5, 5.41) is 0.565. The van der Waals surface area contributed by atoms with E-state index >= 15 is 0 Å². The SMILES string of the molecule is COc1ccc(Cl)cc1CC(=O)Cc1ccc(F)cc1. The molecule has 2 aromatic rings. The number of halogens is 2. The fraction of sp³-hybridized carbons (Fsp3) is 0.188. The van der Waals surface area contributed by atoms with Crippen LogP contribution in [0.5, 0.6) is 5.75 Å². The van der Waals surface area contributed by atoms with Crippen LogP contribution in [0.3, 0.4) is 0 Å². The highest BCUT2D eigenvalue weighted by molar-refractivity contribution is 6.30. The molecule has 0 amide bonds. The molecule has 0 N–H and O–H groups in total. The normalized spacial score (nSPS) is 10.3. The molecule has 0 saturated carbocycles. The zero-order valence-electron chi connectivity index (χ0n) is 11.0. The van der Waals surface area contributed by atoms with E-state index in [9.17, 15) is 9.18 Å². The van der Waals surface area contributed by atoms with Crippen molar-refractivity contribution < 1.29 is 13.9 Å². The fourth-order valence-corrected chi connectivity index (χ4v) is 2.18. The van der Waals surface area contributed by atoms with Crippen LogP contribution in [0, 0.1) is 5.82 Å². The van der Waals surface area contributed by atoms with Gasteiger partial charge in [-0.1, -0.05) is 23.7 Å². The van der Waals surface area contributed by atoms with Gasteiger partial charge in [0.15, 0.2) is 0 Å². The number of carbonyl (C=O) groups is 1. The average Bonchev–Trinajstić information content (AvgIpc) is 2.41. The third-order valence-electron chi connectivity index (χ3n) is 2.94. The second-order valence-electron chi connectivity index (χ2n) is 4.47. The lowest BCUT2D eigenvalue weighted by Gasteiger charge is -2.08. The number of Topliss-reactive ketones (excluding diaryl/α,β-unsaturated/α-hetero) is 1. The smallest absolute Gasteiger partial charge is 0.141 e. The molecule has 0 aliphatic carbocycles. The molecule has 2 nitrogen and oxygen atoms in total. The van der Waals surface area contributed by atoms with E-state index in [4.69, 9.17) is 16.3 Å². The van der Waals surface area contributed by atoms with Gasteiger partial charge in [-0.2, -0.15) is 0 Å². The van der Waals surface area contributed by atoms with Crippen molar-refractivity contribution >= 4 is 17.4 Å². The predicted octanol–water partition coefficient (Wildman–Crippen LogP) is 3.84. The Morgan fingerprint density at radius 1 is 1.15 bits per heavy atom. The van der Waals surface area contributed by atoms with Crippen LogP contribution in [0.1, 0.15) is 11.1 Å². The molecule has 0 unspecified atom stereocenters. The Hall–Kier alpha value is -1.87. The van der Waals surface area contributed by atoms with Gasteiger partial charge in [0.2, 0.25) is 0 Å². The van der Waals surface area contributed by atoms with Gasteiger partial charge in [0.05, 0.1) is 7.11 Å². The van der Waals surface area contributed by atoms with Crippen LogP contribution < -0.4 is 4.74 Å². The zero-order chi connectivity index (χ0) is 14.5. The Morgan fingerprint density at radius 3 is 2.50 bits per heavy atom. The third kappa shape index (κ3) is 3.81. The molecule has 0 heterocycles. The van der Waals surface area contributed by atoms with Gasteiger partial charge in [0.25, 0.3) is 0 Å². The van der Waals surface area contributed by atoms with E-state index in [1.807, 2.05) is 0 Å². The number of hydrogen-bond acceptors (Lipinski definition) is 2. The van der Waals surface area contributed by atoms with Crippen LogP contribution in [0.25, 0.3) is 0 Å². The molecule has 2 rings (SSSR count). The van der Waals surface area contributed by atoms with Gasteiger partial charge < -0.3 is 4.74 Å². The highest BCUT2D eigenvalue weighted by Crippen LogP contribution is 2.23. The largest absolute Gasteiger partial charge is 0.496 e. The molecule has 0 aromatic heterocycles. The van der Waals surface area contributed by atoms with Crippen LogP contribution in [0.15, 0.2) is 42.5 Å². The molecule has 104 valence electrons. The molecule has 20 heavy (non-hydrogen) atoms. The third-order valence-corrected chi connectivity index (χ3v) is 3.18. The van der Waals surface area contributed by atoms with Crippen molar-refractivity contribution in [3.63, 3.8) is 0 Å². The van der Waals surface area contributed by atoms with Gasteiger partial charge in [-0.3, -0.25) is 4.79 Å². The molecule has 2 aromatic carbocycles. The highest BCUT2D eigenvalue weighted by atomic mass is 35.5. The average molecular weight is 293 g/mol. The van der Waals surface area contributed by atoms with Gasteiger partial charge in [-0.05, 0) is 35.9 Å². The number of hydrogen-bond donors (Lipinski definition) is 0. The second kappa shape index (κ2) is 6.53. The summed E-state index contributed by atoms with van der Waals surface area (Å²) < 4.78 is 18.0. The molecule has 4 heteroatoms. The van der Waals surface area contributed by atoms with E-state index in [1.54, 1.807) is 37.4 Å². The minimum Gasteiger partial charge on any atom is -0.496 e. The first-order valence-corrected chi connectivity index (χ1v) is 6.55. The maximum absolute atomic E-state index is 12.8. The lowest BCUT2D eigenvalue weighted by molar-refractivity contribution is -0.117. The standard InChI is InChI=1S/C16H14ClFO2/c1-20-16-7-4-13(17)9-12(16)10-15(19)8-11-2-5-14(18)6-3-11/h2-7,9H,8,10H2,1H3. The summed E-state index contributed by atoms with van der Waals surface area (Å²) in [5.41, 5.74) is 1.55. The molecule has 0 spiro atoms. The van der Waals surface area contributed by atoms with Crippen LogP contribution in [0.2, 0.25) is 5.02 Å². The van der Waals surface area contributed by atoms with Crippen molar-refractivity contribution in [2.45, 2.75) is 12.8 Å². The van der Waals surface area contributed by atoms with E-state index in [-0.39, 0.29) is 24.4 Å². The topological polar surface area (TPSA) is 26.3 Å². The summed E-state index contributed by atoms with van der Waals surface area (Å²) >= 11 is 5.93. The number of ketones is 1. The first-order chi connectivity index (χ1) is 9.58. The molecular formula is C16H14ClFO2. The van der Waals surface area contributed by atoms with Gasteiger partial charge in [0.1, 0.15) is 17.3 Å². The number of rotatable bonds is 5. The molecule has 0 saturated heterocycles. The Balaban J connectivity index is 2.08. The lowest BCUT2D eigenvalue weighted by Crippen LogP contribution is -2.07. The Labute approximate surface area is 122 Å². The fourth-order valence-electron chi connectivity index (χ4n) is 1.99. The molecule has 0 atom stereocenters. The Morgan fingerprint density at radius 2 is 1.85 bits per heavy atom. The van der Waals surface area contributed by atoms with Crippen LogP contribution >= 0.6 is 11.6 Å². The minimum atomic E-state index is -0.308. The number of methoxy groups -OCH3 is 1. The molecule has 0 fully saturated rings. The van der Waals surface area contributed by atoms with E-state index in [2.05, 4.69) is 0 Å². The van der Waals surface area contributed by atoms with Crippen molar-refractivity contribution in [2.75, 3.05) is 7.11 Å². The van der Waals surface area contributed by atoms with E-state index in [0.717, 1.165) is 11.1 Å². The van der Waals surface area contributed by atoms with E-state index in [0.29, 0.717) is 10.8 Å². The van der Waals surface area contributed by atoms with E-state index in [1.165, 1.54) is 12.1 Å². The van der Waals surface area contributed by atoms with Gasteiger partial charge in [-0.25, -0.2) is 4.39 Å². The molecule has 0 radical (unpaired) electrons. The summed E-state index contributed by atoms with van der Waals surface area (Å²) in [6, 6.07) is 11.1. The highest BCUT2D eigenvalue weighted by Gasteiger charge is 2.10.